The monoisotopic (exact) mass is 401 g/mol. The van der Waals surface area contributed by atoms with Gasteiger partial charge in [0.2, 0.25) is 5.91 Å². The molecule has 2 atom stereocenters. The number of hydrogen-bond acceptors (Lipinski definition) is 4. The number of carbonyl (C=O) groups is 1. The van der Waals surface area contributed by atoms with Crippen LogP contribution in [0.15, 0.2) is 48.8 Å². The smallest absolute Gasteiger partial charge is 0.226 e. The largest absolute Gasteiger partial charge is 0.379 e. The van der Waals surface area contributed by atoms with Crippen LogP contribution in [0.3, 0.4) is 0 Å². The van der Waals surface area contributed by atoms with E-state index in [0.29, 0.717) is 12.3 Å². The molecule has 0 aliphatic carbocycles. The van der Waals surface area contributed by atoms with E-state index in [2.05, 4.69) is 64.9 Å². The normalized spacial score (nSPS) is 20.6. The molecule has 3 aromatic rings. The second kappa shape index (κ2) is 7.20. The van der Waals surface area contributed by atoms with Gasteiger partial charge < -0.3 is 15.5 Å². The fourth-order valence-electron chi connectivity index (χ4n) is 4.59. The summed E-state index contributed by atoms with van der Waals surface area (Å²) < 4.78 is 1.84. The fraction of sp³-hybridized carbons (Fsp3) is 0.333. The highest BCUT2D eigenvalue weighted by Crippen LogP contribution is 2.45. The lowest BCUT2D eigenvalue weighted by Crippen LogP contribution is -2.27. The predicted octanol–water partition coefficient (Wildman–Crippen LogP) is 4.88. The summed E-state index contributed by atoms with van der Waals surface area (Å²) in [5.74, 6) is 0.543. The van der Waals surface area contributed by atoms with Crippen LogP contribution < -0.4 is 15.5 Å². The van der Waals surface area contributed by atoms with Gasteiger partial charge in [-0.15, -0.1) is 0 Å². The van der Waals surface area contributed by atoms with Crippen LogP contribution in [0.1, 0.15) is 38.2 Å². The summed E-state index contributed by atoms with van der Waals surface area (Å²) in [6.07, 6.45) is 5.52. The average molecular weight is 402 g/mol. The van der Waals surface area contributed by atoms with Gasteiger partial charge in [0, 0.05) is 43.5 Å². The molecular weight excluding hydrogens is 374 g/mol. The third-order valence-electron chi connectivity index (χ3n) is 6.16. The Morgan fingerprint density at radius 2 is 1.97 bits per heavy atom. The average Bonchev–Trinajstić information content (AvgIpc) is 3.09. The molecule has 0 fully saturated rings. The highest BCUT2D eigenvalue weighted by Gasteiger charge is 2.28. The van der Waals surface area contributed by atoms with Crippen molar-refractivity contribution in [1.82, 2.24) is 9.78 Å². The quantitative estimate of drug-likeness (QED) is 0.643. The van der Waals surface area contributed by atoms with E-state index in [9.17, 15) is 4.79 Å². The number of benzene rings is 2. The van der Waals surface area contributed by atoms with E-state index in [1.807, 2.05) is 30.1 Å². The number of hydrogen-bond donors (Lipinski definition) is 2. The number of carbonyl (C=O) groups excluding carboxylic acids is 1. The van der Waals surface area contributed by atoms with E-state index >= 15 is 0 Å². The van der Waals surface area contributed by atoms with Crippen molar-refractivity contribution in [1.29, 1.82) is 0 Å². The van der Waals surface area contributed by atoms with Crippen LogP contribution in [0.25, 0.3) is 11.1 Å². The van der Waals surface area contributed by atoms with Crippen LogP contribution in [-0.2, 0) is 11.8 Å². The number of aromatic nitrogens is 2. The van der Waals surface area contributed by atoms with Crippen molar-refractivity contribution in [3.63, 3.8) is 0 Å². The minimum atomic E-state index is 0.0553. The van der Waals surface area contributed by atoms with Gasteiger partial charge in [-0.05, 0) is 54.7 Å². The lowest BCUT2D eigenvalue weighted by atomic mass is 9.89. The van der Waals surface area contributed by atoms with Crippen molar-refractivity contribution in [3.8, 4) is 11.1 Å². The number of fused-ring (bicyclic) bond motifs is 2. The summed E-state index contributed by atoms with van der Waals surface area (Å²) in [5.41, 5.74) is 7.90. The van der Waals surface area contributed by atoms with Gasteiger partial charge in [0.25, 0.3) is 0 Å². The molecule has 1 amide bonds. The molecule has 30 heavy (non-hydrogen) atoms. The third kappa shape index (κ3) is 3.22. The van der Waals surface area contributed by atoms with Crippen molar-refractivity contribution in [3.05, 3.63) is 54.4 Å². The third-order valence-corrected chi connectivity index (χ3v) is 6.16. The Balaban J connectivity index is 1.59. The van der Waals surface area contributed by atoms with Crippen LogP contribution >= 0.6 is 0 Å². The zero-order valence-corrected chi connectivity index (χ0v) is 17.6. The second-order valence-electron chi connectivity index (χ2n) is 8.52. The molecule has 3 heterocycles. The summed E-state index contributed by atoms with van der Waals surface area (Å²) in [6.45, 7) is 5.30. The summed E-state index contributed by atoms with van der Waals surface area (Å²) in [5, 5.41) is 10.9. The molecule has 154 valence electrons. The highest BCUT2D eigenvalue weighted by atomic mass is 16.1. The van der Waals surface area contributed by atoms with E-state index < -0.39 is 0 Å². The van der Waals surface area contributed by atoms with Crippen LogP contribution in [0.5, 0.6) is 0 Å². The zero-order valence-electron chi connectivity index (χ0n) is 17.6. The Morgan fingerprint density at radius 3 is 2.77 bits per heavy atom. The van der Waals surface area contributed by atoms with Crippen LogP contribution in [0.2, 0.25) is 0 Å². The molecule has 2 N–H and O–H groups in total. The molecule has 0 saturated carbocycles. The molecule has 0 spiro atoms. The van der Waals surface area contributed by atoms with Gasteiger partial charge in [-0.3, -0.25) is 9.48 Å². The van der Waals surface area contributed by atoms with E-state index in [4.69, 9.17) is 0 Å². The minimum absolute atomic E-state index is 0.0553. The van der Waals surface area contributed by atoms with Crippen LogP contribution in [-0.4, -0.2) is 28.3 Å². The maximum Gasteiger partial charge on any atom is 0.226 e. The first-order valence-electron chi connectivity index (χ1n) is 10.6. The molecule has 2 aliphatic rings. The molecule has 1 aromatic heterocycles. The Kier molecular flexibility index (Phi) is 4.50. The van der Waals surface area contributed by atoms with Gasteiger partial charge >= 0.3 is 0 Å². The SMILES string of the molecule is CC1CCN(c2cccc3c2N[C@H](C)CC(=O)N3)c2ccc(-c3cnn(C)c3)cc21. The molecular formula is C24H27N5O. The van der Waals surface area contributed by atoms with Gasteiger partial charge in [-0.1, -0.05) is 19.1 Å². The van der Waals surface area contributed by atoms with Gasteiger partial charge in [-0.2, -0.15) is 5.10 Å². The lowest BCUT2D eigenvalue weighted by Gasteiger charge is -2.36. The molecule has 2 aromatic carbocycles. The first-order chi connectivity index (χ1) is 14.5. The molecule has 0 saturated heterocycles. The predicted molar refractivity (Wildman–Crippen MR) is 121 cm³/mol. The lowest BCUT2D eigenvalue weighted by molar-refractivity contribution is -0.116. The molecule has 6 heteroatoms. The minimum Gasteiger partial charge on any atom is -0.379 e. The highest BCUT2D eigenvalue weighted by molar-refractivity contribution is 6.00. The zero-order chi connectivity index (χ0) is 20.8. The van der Waals surface area contributed by atoms with Gasteiger partial charge in [0.1, 0.15) is 0 Å². The summed E-state index contributed by atoms with van der Waals surface area (Å²) in [6, 6.07) is 12.9. The van der Waals surface area contributed by atoms with E-state index in [0.717, 1.165) is 35.6 Å². The van der Waals surface area contributed by atoms with Crippen molar-refractivity contribution in [2.45, 2.75) is 38.6 Å². The van der Waals surface area contributed by atoms with E-state index in [-0.39, 0.29) is 11.9 Å². The number of anilines is 4. The number of nitrogens with zero attached hydrogens (tertiary/aromatic N) is 3. The van der Waals surface area contributed by atoms with Gasteiger partial charge in [0.15, 0.2) is 0 Å². The maximum atomic E-state index is 12.2. The first-order valence-corrected chi connectivity index (χ1v) is 10.6. The van der Waals surface area contributed by atoms with Crippen molar-refractivity contribution in [2.75, 3.05) is 22.1 Å². The molecule has 0 bridgehead atoms. The summed E-state index contributed by atoms with van der Waals surface area (Å²) >= 11 is 0. The maximum absolute atomic E-state index is 12.2. The standard InChI is InChI=1S/C24H27N5O/c1-15-9-10-29(21-8-7-17(12-19(15)21)18-13-25-28(3)14-18)22-6-4-5-20-24(22)26-16(2)11-23(30)27-20/h4-8,12-16,26H,9-11H2,1-3H3,(H,27,30)/t15?,16-/m1/s1. The van der Waals surface area contributed by atoms with Crippen LogP contribution in [0, 0.1) is 0 Å². The fourth-order valence-corrected chi connectivity index (χ4v) is 4.59. The van der Waals surface area contributed by atoms with E-state index in [1.54, 1.807) is 0 Å². The molecule has 0 radical (unpaired) electrons. The van der Waals surface area contributed by atoms with Gasteiger partial charge in [-0.25, -0.2) is 0 Å². The molecule has 1 unspecified atom stereocenters. The summed E-state index contributed by atoms with van der Waals surface area (Å²) in [4.78, 5) is 14.6. The molecule has 2 aliphatic heterocycles. The Hall–Kier alpha value is -3.28. The topological polar surface area (TPSA) is 62.2 Å². The van der Waals surface area contributed by atoms with E-state index in [1.165, 1.54) is 16.8 Å². The van der Waals surface area contributed by atoms with Crippen molar-refractivity contribution >= 4 is 28.7 Å². The number of rotatable bonds is 2. The number of nitrogens with one attached hydrogen (secondary N) is 2. The second-order valence-corrected chi connectivity index (χ2v) is 8.52. The summed E-state index contributed by atoms with van der Waals surface area (Å²) in [7, 11) is 1.94. The first kappa shape index (κ1) is 18.7. The number of amides is 1. The molecule has 5 rings (SSSR count). The number of aryl methyl sites for hydroxylation is 1. The van der Waals surface area contributed by atoms with Crippen molar-refractivity contribution < 1.29 is 4.79 Å². The van der Waals surface area contributed by atoms with Crippen molar-refractivity contribution in [2.24, 2.45) is 7.05 Å². The number of para-hydroxylation sites is 1. The Bertz CT molecular complexity index is 1120. The molecule has 6 nitrogen and oxygen atoms in total. The Labute approximate surface area is 176 Å². The Morgan fingerprint density at radius 1 is 1.10 bits per heavy atom. The van der Waals surface area contributed by atoms with Gasteiger partial charge in [0.05, 0.1) is 23.3 Å². The van der Waals surface area contributed by atoms with Crippen LogP contribution in [0.4, 0.5) is 22.7 Å².